The summed E-state index contributed by atoms with van der Waals surface area (Å²) in [6, 6.07) is 0. The smallest absolute Gasteiger partial charge is 0.346 e. The third kappa shape index (κ3) is 5.87. The van der Waals surface area contributed by atoms with Crippen LogP contribution in [0.4, 0.5) is 0 Å². The molecule has 0 bridgehead atoms. The number of carbonyl (C=O) groups excluding carboxylic acids is 2. The molecule has 1 aliphatic carbocycles. The largest absolute Gasteiger partial charge is 0.469 e. The quantitative estimate of drug-likeness (QED) is 0.391. The number of nitrogens with zero attached hydrogens (tertiary/aromatic N) is 1. The third-order valence-corrected chi connectivity index (χ3v) is 3.81. The second-order valence-corrected chi connectivity index (χ2v) is 5.23. The molecule has 0 aromatic rings. The molecule has 124 valence electrons. The fourth-order valence-corrected chi connectivity index (χ4v) is 2.61. The van der Waals surface area contributed by atoms with Crippen molar-refractivity contribution in [3.8, 4) is 0 Å². The van der Waals surface area contributed by atoms with Crippen LogP contribution in [-0.2, 0) is 23.9 Å². The van der Waals surface area contributed by atoms with Gasteiger partial charge >= 0.3 is 11.9 Å². The fraction of sp³-hybridized carbons (Fsp3) is 0.688. The first-order chi connectivity index (χ1) is 10.6. The predicted octanol–water partition coefficient (Wildman–Crippen LogP) is 2.48. The SMILES string of the molecule is CC/C=C\CC1/C(=N\OCC(=O)OC)CCC1CC(=O)OC. The van der Waals surface area contributed by atoms with Crippen LogP contribution in [0.5, 0.6) is 0 Å². The van der Waals surface area contributed by atoms with E-state index >= 15 is 0 Å². The molecule has 0 amide bonds. The highest BCUT2D eigenvalue weighted by Gasteiger charge is 2.34. The lowest BCUT2D eigenvalue weighted by molar-refractivity contribution is -0.145. The van der Waals surface area contributed by atoms with Crippen LogP contribution in [0.2, 0.25) is 0 Å². The second kappa shape index (κ2) is 9.97. The van der Waals surface area contributed by atoms with Crippen LogP contribution in [0.3, 0.4) is 0 Å². The number of methoxy groups -OCH3 is 2. The van der Waals surface area contributed by atoms with Crippen molar-refractivity contribution in [1.29, 1.82) is 0 Å². The minimum absolute atomic E-state index is 0.152. The van der Waals surface area contributed by atoms with Gasteiger partial charge in [-0.15, -0.1) is 0 Å². The van der Waals surface area contributed by atoms with Crippen LogP contribution in [0.25, 0.3) is 0 Å². The lowest BCUT2D eigenvalue weighted by atomic mass is 9.89. The summed E-state index contributed by atoms with van der Waals surface area (Å²) >= 11 is 0. The molecule has 1 aliphatic rings. The molecule has 1 rings (SSSR count). The molecule has 6 heteroatoms. The summed E-state index contributed by atoms with van der Waals surface area (Å²) in [5, 5.41) is 4.08. The monoisotopic (exact) mass is 311 g/mol. The highest BCUT2D eigenvalue weighted by Crippen LogP contribution is 2.35. The van der Waals surface area contributed by atoms with E-state index in [9.17, 15) is 9.59 Å². The number of ether oxygens (including phenoxy) is 2. The zero-order valence-corrected chi connectivity index (χ0v) is 13.5. The highest BCUT2D eigenvalue weighted by molar-refractivity contribution is 5.89. The van der Waals surface area contributed by atoms with E-state index in [1.807, 2.05) is 0 Å². The number of allylic oxidation sites excluding steroid dienone is 2. The van der Waals surface area contributed by atoms with E-state index in [4.69, 9.17) is 9.57 Å². The van der Waals surface area contributed by atoms with E-state index in [2.05, 4.69) is 29.0 Å². The molecule has 0 spiro atoms. The molecule has 0 N–H and O–H groups in total. The van der Waals surface area contributed by atoms with Crippen molar-refractivity contribution in [2.75, 3.05) is 20.8 Å². The molecule has 1 saturated carbocycles. The topological polar surface area (TPSA) is 74.2 Å². The molecule has 6 nitrogen and oxygen atoms in total. The van der Waals surface area contributed by atoms with E-state index < -0.39 is 5.97 Å². The molecular formula is C16H25NO5. The molecule has 2 unspecified atom stereocenters. The second-order valence-electron chi connectivity index (χ2n) is 5.23. The van der Waals surface area contributed by atoms with Gasteiger partial charge in [-0.3, -0.25) is 4.79 Å². The van der Waals surface area contributed by atoms with Gasteiger partial charge in [-0.1, -0.05) is 24.2 Å². The van der Waals surface area contributed by atoms with Gasteiger partial charge in [-0.2, -0.15) is 0 Å². The standard InChI is InChI=1S/C16H25NO5/c1-4-5-6-7-13-12(10-15(18)20-2)8-9-14(13)17-22-11-16(19)21-3/h5-6,12-13H,4,7-11H2,1-3H3/b6-5-,17-14-. The minimum atomic E-state index is -0.462. The average Bonchev–Trinajstić information content (AvgIpc) is 2.89. The fourth-order valence-electron chi connectivity index (χ4n) is 2.61. The van der Waals surface area contributed by atoms with Crippen LogP contribution in [-0.4, -0.2) is 38.5 Å². The van der Waals surface area contributed by atoms with Crippen molar-refractivity contribution in [3.63, 3.8) is 0 Å². The van der Waals surface area contributed by atoms with Gasteiger partial charge in [-0.25, -0.2) is 4.79 Å². The Balaban J connectivity index is 2.68. The number of rotatable bonds is 8. The van der Waals surface area contributed by atoms with Gasteiger partial charge in [0, 0.05) is 12.3 Å². The van der Waals surface area contributed by atoms with Crippen molar-refractivity contribution >= 4 is 17.7 Å². The minimum Gasteiger partial charge on any atom is -0.469 e. The number of hydrogen-bond acceptors (Lipinski definition) is 6. The Morgan fingerprint density at radius 3 is 2.59 bits per heavy atom. The van der Waals surface area contributed by atoms with Gasteiger partial charge < -0.3 is 14.3 Å². The van der Waals surface area contributed by atoms with Crippen LogP contribution in [0, 0.1) is 11.8 Å². The van der Waals surface area contributed by atoms with Gasteiger partial charge in [0.15, 0.2) is 0 Å². The first-order valence-corrected chi connectivity index (χ1v) is 7.59. The van der Waals surface area contributed by atoms with Crippen molar-refractivity contribution < 1.29 is 23.9 Å². The van der Waals surface area contributed by atoms with Crippen LogP contribution < -0.4 is 0 Å². The molecule has 0 aromatic carbocycles. The van der Waals surface area contributed by atoms with Gasteiger partial charge in [0.05, 0.1) is 19.9 Å². The first-order valence-electron chi connectivity index (χ1n) is 7.59. The van der Waals surface area contributed by atoms with E-state index in [-0.39, 0.29) is 24.4 Å². The number of carbonyl (C=O) groups is 2. The summed E-state index contributed by atoms with van der Waals surface area (Å²) in [6.45, 7) is 1.88. The average molecular weight is 311 g/mol. The third-order valence-electron chi connectivity index (χ3n) is 3.81. The van der Waals surface area contributed by atoms with Crippen molar-refractivity contribution in [2.24, 2.45) is 17.0 Å². The Hall–Kier alpha value is -1.85. The van der Waals surface area contributed by atoms with Gasteiger partial charge in [-0.05, 0) is 31.6 Å². The Bertz CT molecular complexity index is 430. The Morgan fingerprint density at radius 1 is 1.23 bits per heavy atom. The van der Waals surface area contributed by atoms with Gasteiger partial charge in [0.2, 0.25) is 6.61 Å². The first kappa shape index (κ1) is 18.2. The summed E-state index contributed by atoms with van der Waals surface area (Å²) in [5.41, 5.74) is 0.901. The lowest BCUT2D eigenvalue weighted by Gasteiger charge is -2.17. The van der Waals surface area contributed by atoms with Crippen LogP contribution >= 0.6 is 0 Å². The maximum Gasteiger partial charge on any atom is 0.346 e. The maximum absolute atomic E-state index is 11.5. The van der Waals surface area contributed by atoms with E-state index in [0.29, 0.717) is 6.42 Å². The Labute approximate surface area is 131 Å². The lowest BCUT2D eigenvalue weighted by Crippen LogP contribution is -2.19. The van der Waals surface area contributed by atoms with Crippen molar-refractivity contribution in [1.82, 2.24) is 0 Å². The van der Waals surface area contributed by atoms with Gasteiger partial charge in [0.25, 0.3) is 0 Å². The Morgan fingerprint density at radius 2 is 1.95 bits per heavy atom. The predicted molar refractivity (Wildman–Crippen MR) is 82.3 cm³/mol. The summed E-state index contributed by atoms with van der Waals surface area (Å²) in [6.07, 6.45) is 8.02. The van der Waals surface area contributed by atoms with Crippen molar-refractivity contribution in [3.05, 3.63) is 12.2 Å². The molecule has 1 fully saturated rings. The zero-order chi connectivity index (χ0) is 16.4. The molecule has 0 radical (unpaired) electrons. The number of esters is 2. The molecule has 0 aliphatic heterocycles. The summed E-state index contributed by atoms with van der Waals surface area (Å²) in [5.74, 6) is -0.309. The van der Waals surface area contributed by atoms with E-state index in [1.54, 1.807) is 0 Å². The molecule has 22 heavy (non-hydrogen) atoms. The molecular weight excluding hydrogens is 286 g/mol. The summed E-state index contributed by atoms with van der Waals surface area (Å²) < 4.78 is 9.26. The molecule has 0 heterocycles. The highest BCUT2D eigenvalue weighted by atomic mass is 16.6. The van der Waals surface area contributed by atoms with Crippen LogP contribution in [0.1, 0.15) is 39.0 Å². The van der Waals surface area contributed by atoms with Gasteiger partial charge in [0.1, 0.15) is 0 Å². The maximum atomic E-state index is 11.5. The van der Waals surface area contributed by atoms with Crippen molar-refractivity contribution in [2.45, 2.75) is 39.0 Å². The van der Waals surface area contributed by atoms with E-state index in [1.165, 1.54) is 14.2 Å². The number of oxime groups is 1. The normalized spacial score (nSPS) is 23.0. The molecule has 0 saturated heterocycles. The molecule has 0 aromatic heterocycles. The summed E-state index contributed by atoms with van der Waals surface area (Å²) in [4.78, 5) is 27.6. The Kier molecular flexibility index (Phi) is 8.25. The zero-order valence-electron chi connectivity index (χ0n) is 13.5. The van der Waals surface area contributed by atoms with E-state index in [0.717, 1.165) is 31.4 Å². The summed E-state index contributed by atoms with van der Waals surface area (Å²) in [7, 11) is 2.71. The number of hydrogen-bond donors (Lipinski definition) is 0. The molecule has 2 atom stereocenters. The van der Waals surface area contributed by atoms with Crippen LogP contribution in [0.15, 0.2) is 17.3 Å².